The van der Waals surface area contributed by atoms with Gasteiger partial charge >= 0.3 is 0 Å². The lowest BCUT2D eigenvalue weighted by Gasteiger charge is -2.24. The van der Waals surface area contributed by atoms with Crippen molar-refractivity contribution in [2.45, 2.75) is 38.8 Å². The highest BCUT2D eigenvalue weighted by molar-refractivity contribution is 5.92. The maximum atomic E-state index is 12.5. The first-order valence-corrected chi connectivity index (χ1v) is 8.89. The molecule has 4 rings (SSSR count). The van der Waals surface area contributed by atoms with Crippen LogP contribution in [0.4, 0.5) is 0 Å². The Morgan fingerprint density at radius 3 is 2.81 bits per heavy atom. The Balaban J connectivity index is 1.52. The number of carbonyl (C=O) groups excluding carboxylic acids is 1. The zero-order valence-corrected chi connectivity index (χ0v) is 14.7. The molecule has 0 unspecified atom stereocenters. The van der Waals surface area contributed by atoms with Gasteiger partial charge in [0.15, 0.2) is 0 Å². The number of nitrogens with one attached hydrogen (secondary N) is 1. The quantitative estimate of drug-likeness (QED) is 0.788. The van der Waals surface area contributed by atoms with Crippen LogP contribution in [0.15, 0.2) is 48.9 Å². The predicted molar refractivity (Wildman–Crippen MR) is 97.7 cm³/mol. The normalized spacial score (nSPS) is 16.1. The molecule has 3 aromatic rings. The van der Waals surface area contributed by atoms with Crippen molar-refractivity contribution < 1.29 is 4.79 Å². The molecule has 132 valence electrons. The van der Waals surface area contributed by atoms with Gasteiger partial charge in [0.1, 0.15) is 5.69 Å². The number of benzene rings is 1. The summed E-state index contributed by atoms with van der Waals surface area (Å²) in [4.78, 5) is 20.8. The van der Waals surface area contributed by atoms with Gasteiger partial charge in [0.2, 0.25) is 0 Å². The smallest absolute Gasteiger partial charge is 0.271 e. The third-order valence-corrected chi connectivity index (χ3v) is 4.76. The van der Waals surface area contributed by atoms with Crippen LogP contribution >= 0.6 is 0 Å². The molecule has 0 radical (unpaired) electrons. The largest absolute Gasteiger partial charge is 0.344 e. The predicted octanol–water partition coefficient (Wildman–Crippen LogP) is 2.84. The molecule has 1 aliphatic carbocycles. The fourth-order valence-corrected chi connectivity index (χ4v) is 3.40. The maximum Gasteiger partial charge on any atom is 0.271 e. The molecular formula is C20H21N5O. The fraction of sp³-hybridized carbons (Fsp3) is 0.300. The van der Waals surface area contributed by atoms with E-state index in [-0.39, 0.29) is 11.9 Å². The van der Waals surface area contributed by atoms with Crippen LogP contribution in [0.2, 0.25) is 0 Å². The van der Waals surface area contributed by atoms with Gasteiger partial charge in [0, 0.05) is 17.5 Å². The van der Waals surface area contributed by atoms with Crippen LogP contribution < -0.4 is 5.32 Å². The summed E-state index contributed by atoms with van der Waals surface area (Å²) in [5.74, 6) is -0.189. The van der Waals surface area contributed by atoms with Crippen LogP contribution in [0.3, 0.4) is 0 Å². The minimum absolute atomic E-state index is 0.0288. The van der Waals surface area contributed by atoms with Gasteiger partial charge in [-0.3, -0.25) is 14.5 Å². The van der Waals surface area contributed by atoms with Crippen molar-refractivity contribution in [1.82, 2.24) is 25.1 Å². The van der Waals surface area contributed by atoms with Crippen LogP contribution in [-0.2, 0) is 13.0 Å². The zero-order valence-electron chi connectivity index (χ0n) is 14.7. The first kappa shape index (κ1) is 16.4. The Bertz CT molecular complexity index is 902. The van der Waals surface area contributed by atoms with Gasteiger partial charge in [-0.05, 0) is 31.7 Å². The molecule has 6 heteroatoms. The second kappa shape index (κ2) is 7.07. The topological polar surface area (TPSA) is 72.7 Å². The van der Waals surface area contributed by atoms with Crippen LogP contribution in [0.1, 0.15) is 51.9 Å². The highest BCUT2D eigenvalue weighted by Gasteiger charge is 2.26. The molecular weight excluding hydrogens is 326 g/mol. The number of hydrogen-bond acceptors (Lipinski definition) is 4. The van der Waals surface area contributed by atoms with Gasteiger partial charge < -0.3 is 5.32 Å². The Morgan fingerprint density at radius 2 is 2.04 bits per heavy atom. The first-order valence-electron chi connectivity index (χ1n) is 8.89. The number of nitrogens with zero attached hydrogens (tertiary/aromatic N) is 4. The van der Waals surface area contributed by atoms with E-state index in [9.17, 15) is 4.79 Å². The minimum Gasteiger partial charge on any atom is -0.344 e. The van der Waals surface area contributed by atoms with E-state index in [1.54, 1.807) is 6.20 Å². The SMILES string of the molecule is Cc1cnc(C(=O)N[C@@H]2CCCc3c2cnn3Cc2ccccc2)cn1. The summed E-state index contributed by atoms with van der Waals surface area (Å²) >= 11 is 0. The van der Waals surface area contributed by atoms with E-state index in [0.29, 0.717) is 5.69 Å². The molecule has 2 aromatic heterocycles. The van der Waals surface area contributed by atoms with Gasteiger partial charge in [0.05, 0.1) is 30.7 Å². The van der Waals surface area contributed by atoms with E-state index < -0.39 is 0 Å². The average molecular weight is 347 g/mol. The summed E-state index contributed by atoms with van der Waals surface area (Å²) in [5, 5.41) is 7.67. The van der Waals surface area contributed by atoms with E-state index in [0.717, 1.165) is 37.1 Å². The Hall–Kier alpha value is -3.02. The molecule has 0 spiro atoms. The van der Waals surface area contributed by atoms with Crippen molar-refractivity contribution in [2.24, 2.45) is 0 Å². The van der Waals surface area contributed by atoms with Crippen molar-refractivity contribution in [1.29, 1.82) is 0 Å². The van der Waals surface area contributed by atoms with Gasteiger partial charge in [-0.2, -0.15) is 5.10 Å². The fourth-order valence-electron chi connectivity index (χ4n) is 3.40. The molecule has 0 saturated heterocycles. The third-order valence-electron chi connectivity index (χ3n) is 4.76. The number of rotatable bonds is 4. The Morgan fingerprint density at radius 1 is 1.19 bits per heavy atom. The summed E-state index contributed by atoms with van der Waals surface area (Å²) in [6.45, 7) is 2.60. The summed E-state index contributed by atoms with van der Waals surface area (Å²) in [5.41, 5.74) is 4.68. The summed E-state index contributed by atoms with van der Waals surface area (Å²) < 4.78 is 2.05. The Kier molecular flexibility index (Phi) is 4.48. The number of aryl methyl sites for hydroxylation is 1. The van der Waals surface area contributed by atoms with E-state index in [2.05, 4.69) is 37.2 Å². The van der Waals surface area contributed by atoms with Crippen molar-refractivity contribution in [3.63, 3.8) is 0 Å². The molecule has 1 N–H and O–H groups in total. The minimum atomic E-state index is -0.189. The van der Waals surface area contributed by atoms with Crippen LogP contribution in [0.25, 0.3) is 0 Å². The van der Waals surface area contributed by atoms with Crippen LogP contribution in [-0.4, -0.2) is 25.7 Å². The van der Waals surface area contributed by atoms with Crippen LogP contribution in [0.5, 0.6) is 0 Å². The molecule has 0 aliphatic heterocycles. The molecule has 1 aromatic carbocycles. The molecule has 1 amide bonds. The number of aromatic nitrogens is 4. The van der Waals surface area contributed by atoms with Gasteiger partial charge in [0.25, 0.3) is 5.91 Å². The first-order chi connectivity index (χ1) is 12.7. The lowest BCUT2D eigenvalue weighted by Crippen LogP contribution is -2.31. The standard InChI is InChI=1S/C20H21N5O/c1-14-10-22-18(12-21-14)20(26)24-17-8-5-9-19-16(17)11-23-25(19)13-15-6-3-2-4-7-15/h2-4,6-7,10-12,17H,5,8-9,13H2,1H3,(H,24,26)/t17-/m1/s1. The lowest BCUT2D eigenvalue weighted by atomic mass is 9.92. The number of hydrogen-bond donors (Lipinski definition) is 1. The highest BCUT2D eigenvalue weighted by atomic mass is 16.1. The number of carbonyl (C=O) groups is 1. The summed E-state index contributed by atoms with van der Waals surface area (Å²) in [7, 11) is 0. The van der Waals surface area contributed by atoms with Gasteiger partial charge in [-0.25, -0.2) is 4.98 Å². The van der Waals surface area contributed by atoms with Gasteiger partial charge in [-0.15, -0.1) is 0 Å². The summed E-state index contributed by atoms with van der Waals surface area (Å²) in [6, 6.07) is 10.3. The van der Waals surface area contributed by atoms with Crippen LogP contribution in [0, 0.1) is 6.92 Å². The molecule has 6 nitrogen and oxygen atoms in total. The van der Waals surface area contributed by atoms with E-state index >= 15 is 0 Å². The van der Waals surface area contributed by atoms with Crippen molar-refractivity contribution in [2.75, 3.05) is 0 Å². The molecule has 0 saturated carbocycles. The number of amides is 1. The zero-order chi connectivity index (χ0) is 17.9. The molecule has 0 fully saturated rings. The average Bonchev–Trinajstić information content (AvgIpc) is 3.07. The maximum absolute atomic E-state index is 12.5. The summed E-state index contributed by atoms with van der Waals surface area (Å²) in [6.07, 6.45) is 7.95. The van der Waals surface area contributed by atoms with Gasteiger partial charge in [-0.1, -0.05) is 30.3 Å². The van der Waals surface area contributed by atoms with E-state index in [4.69, 9.17) is 0 Å². The second-order valence-corrected chi connectivity index (χ2v) is 6.65. The number of fused-ring (bicyclic) bond motifs is 1. The van der Waals surface area contributed by atoms with E-state index in [1.807, 2.05) is 31.3 Å². The Labute approximate surface area is 152 Å². The lowest BCUT2D eigenvalue weighted by molar-refractivity contribution is 0.0927. The molecule has 1 aliphatic rings. The highest BCUT2D eigenvalue weighted by Crippen LogP contribution is 2.30. The molecule has 26 heavy (non-hydrogen) atoms. The van der Waals surface area contributed by atoms with E-state index in [1.165, 1.54) is 17.5 Å². The second-order valence-electron chi connectivity index (χ2n) is 6.65. The molecule has 1 atom stereocenters. The van der Waals surface area contributed by atoms with Crippen molar-refractivity contribution >= 4 is 5.91 Å². The molecule has 2 heterocycles. The monoisotopic (exact) mass is 347 g/mol. The van der Waals surface area contributed by atoms with Crippen molar-refractivity contribution in [3.8, 4) is 0 Å². The third kappa shape index (κ3) is 3.35. The van der Waals surface area contributed by atoms with Crippen molar-refractivity contribution in [3.05, 3.63) is 77.1 Å². The molecule has 0 bridgehead atoms.